The number of benzene rings is 4. The second-order valence-electron chi connectivity index (χ2n) is 7.18. The molecule has 4 aromatic carbocycles. The average molecular weight is 428 g/mol. The molecule has 4 aromatic rings. The molecule has 4 heteroatoms. The third-order valence-corrected chi connectivity index (χ3v) is 6.85. The van der Waals surface area contributed by atoms with E-state index in [0.717, 1.165) is 33.2 Å². The van der Waals surface area contributed by atoms with Crippen molar-refractivity contribution in [1.82, 2.24) is 0 Å². The minimum Gasteiger partial charge on any atom is -0.497 e. The Kier molecular flexibility index (Phi) is 6.19. The van der Waals surface area contributed by atoms with Gasteiger partial charge in [-0.3, -0.25) is 0 Å². The van der Waals surface area contributed by atoms with Gasteiger partial charge in [-0.2, -0.15) is 0 Å². The molecular weight excluding hydrogens is 402 g/mol. The van der Waals surface area contributed by atoms with Gasteiger partial charge in [0.1, 0.15) is 11.5 Å². The van der Waals surface area contributed by atoms with Gasteiger partial charge in [-0.1, -0.05) is 54.6 Å². The van der Waals surface area contributed by atoms with Gasteiger partial charge in [-0.15, -0.1) is 11.8 Å². The maximum absolute atomic E-state index is 5.95. The fourth-order valence-electron chi connectivity index (χ4n) is 3.71. The molecule has 0 fully saturated rings. The Hall–Kier alpha value is -3.37. The van der Waals surface area contributed by atoms with Gasteiger partial charge in [0, 0.05) is 10.6 Å². The summed E-state index contributed by atoms with van der Waals surface area (Å²) >= 11 is 1.79. The third-order valence-electron chi connectivity index (χ3n) is 5.32. The molecule has 4 rings (SSSR count). The molecule has 0 spiro atoms. The van der Waals surface area contributed by atoms with Gasteiger partial charge in [-0.05, 0) is 65.2 Å². The number of nitrogens with two attached hydrogens (primary N) is 1. The first-order valence-corrected chi connectivity index (χ1v) is 10.9. The molecule has 0 atom stereocenters. The standard InChI is InChI=1S/C27H25NO2S/c1-29-24-14-8-21(9-15-24)27(20-6-4-3-5-7-20,22-10-16-25(30-2)17-11-22)31-26-18-12-23(28)13-19-26/h3-19H,28H2,1-2H3. The lowest BCUT2D eigenvalue weighted by molar-refractivity contribution is 0.414. The SMILES string of the molecule is COc1ccc(C(Sc2ccc(N)cc2)(c2ccccc2)c2ccc(OC)cc2)cc1. The predicted octanol–water partition coefficient (Wildman–Crippen LogP) is 6.37. The van der Waals surface area contributed by atoms with Crippen LogP contribution in [0.5, 0.6) is 11.5 Å². The van der Waals surface area contributed by atoms with E-state index in [-0.39, 0.29) is 0 Å². The largest absolute Gasteiger partial charge is 0.497 e. The number of rotatable bonds is 7. The molecule has 0 aliphatic heterocycles. The highest BCUT2D eigenvalue weighted by Crippen LogP contribution is 2.52. The van der Waals surface area contributed by atoms with Crippen molar-refractivity contribution in [3.8, 4) is 11.5 Å². The fraction of sp³-hybridized carbons (Fsp3) is 0.111. The monoisotopic (exact) mass is 427 g/mol. The van der Waals surface area contributed by atoms with Crippen LogP contribution in [0.15, 0.2) is 108 Å². The Labute approximate surface area is 187 Å². The van der Waals surface area contributed by atoms with Crippen LogP contribution < -0.4 is 15.2 Å². The third kappa shape index (κ3) is 4.25. The van der Waals surface area contributed by atoms with Crippen molar-refractivity contribution < 1.29 is 9.47 Å². The molecule has 31 heavy (non-hydrogen) atoms. The fourth-order valence-corrected chi connectivity index (χ4v) is 5.10. The lowest BCUT2D eigenvalue weighted by Crippen LogP contribution is -2.25. The molecule has 0 radical (unpaired) electrons. The zero-order valence-corrected chi connectivity index (χ0v) is 18.4. The second-order valence-corrected chi connectivity index (χ2v) is 8.46. The molecule has 0 heterocycles. The molecule has 0 unspecified atom stereocenters. The van der Waals surface area contributed by atoms with Crippen molar-refractivity contribution in [3.63, 3.8) is 0 Å². The van der Waals surface area contributed by atoms with Crippen LogP contribution in [-0.2, 0) is 4.75 Å². The van der Waals surface area contributed by atoms with Gasteiger partial charge in [0.15, 0.2) is 0 Å². The van der Waals surface area contributed by atoms with Crippen LogP contribution in [0, 0.1) is 0 Å². The summed E-state index contributed by atoms with van der Waals surface area (Å²) in [5, 5.41) is 0. The van der Waals surface area contributed by atoms with Gasteiger partial charge in [0.25, 0.3) is 0 Å². The van der Waals surface area contributed by atoms with E-state index in [4.69, 9.17) is 15.2 Å². The van der Waals surface area contributed by atoms with Crippen LogP contribution in [-0.4, -0.2) is 14.2 Å². The molecule has 3 nitrogen and oxygen atoms in total. The molecule has 0 saturated carbocycles. The van der Waals surface area contributed by atoms with Crippen molar-refractivity contribution in [2.75, 3.05) is 20.0 Å². The molecule has 0 bridgehead atoms. The molecule has 0 aliphatic rings. The van der Waals surface area contributed by atoms with Crippen LogP contribution in [0.3, 0.4) is 0 Å². The molecule has 156 valence electrons. The number of anilines is 1. The first-order chi connectivity index (χ1) is 15.2. The zero-order chi connectivity index (χ0) is 21.7. The molecule has 2 N–H and O–H groups in total. The van der Waals surface area contributed by atoms with Crippen molar-refractivity contribution >= 4 is 17.4 Å². The minimum atomic E-state index is -0.476. The van der Waals surface area contributed by atoms with Crippen LogP contribution in [0.4, 0.5) is 5.69 Å². The summed E-state index contributed by atoms with van der Waals surface area (Å²) in [5.74, 6) is 1.66. The van der Waals surface area contributed by atoms with Gasteiger partial charge >= 0.3 is 0 Å². The van der Waals surface area contributed by atoms with Gasteiger partial charge in [-0.25, -0.2) is 0 Å². The highest BCUT2D eigenvalue weighted by molar-refractivity contribution is 8.00. The molecule has 0 aromatic heterocycles. The Morgan fingerprint density at radius 3 is 1.48 bits per heavy atom. The van der Waals surface area contributed by atoms with Gasteiger partial charge < -0.3 is 15.2 Å². The molecule has 0 aliphatic carbocycles. The minimum absolute atomic E-state index is 0.476. The van der Waals surface area contributed by atoms with E-state index in [9.17, 15) is 0 Å². The number of thioether (sulfide) groups is 1. The highest BCUT2D eigenvalue weighted by atomic mass is 32.2. The van der Waals surface area contributed by atoms with Crippen LogP contribution in [0.25, 0.3) is 0 Å². The average Bonchev–Trinajstić information content (AvgIpc) is 2.84. The van der Waals surface area contributed by atoms with Crippen molar-refractivity contribution in [2.45, 2.75) is 9.64 Å². The first-order valence-electron chi connectivity index (χ1n) is 10.0. The number of hydrogen-bond acceptors (Lipinski definition) is 4. The number of nitrogen functional groups attached to an aromatic ring is 1. The molecule has 0 saturated heterocycles. The lowest BCUT2D eigenvalue weighted by Gasteiger charge is -2.35. The Bertz CT molecular complexity index is 1060. The van der Waals surface area contributed by atoms with Crippen molar-refractivity contribution in [1.29, 1.82) is 0 Å². The molecular formula is C27H25NO2S. The second kappa shape index (κ2) is 9.19. The summed E-state index contributed by atoms with van der Waals surface area (Å²) in [6, 6.07) is 35.2. The normalized spacial score (nSPS) is 11.2. The Morgan fingerprint density at radius 2 is 1.03 bits per heavy atom. The van der Waals surface area contributed by atoms with Crippen LogP contribution >= 0.6 is 11.8 Å². The summed E-state index contributed by atoms with van der Waals surface area (Å²) in [5.41, 5.74) is 10.2. The van der Waals surface area contributed by atoms with E-state index in [1.165, 1.54) is 5.56 Å². The quantitative estimate of drug-likeness (QED) is 0.211. The van der Waals surface area contributed by atoms with Gasteiger partial charge in [0.2, 0.25) is 0 Å². The summed E-state index contributed by atoms with van der Waals surface area (Å²) < 4.78 is 10.4. The topological polar surface area (TPSA) is 44.5 Å². The van der Waals surface area contributed by atoms with E-state index >= 15 is 0 Å². The highest BCUT2D eigenvalue weighted by Gasteiger charge is 2.37. The van der Waals surface area contributed by atoms with E-state index in [1.807, 2.05) is 42.5 Å². The van der Waals surface area contributed by atoms with Gasteiger partial charge in [0.05, 0.1) is 19.0 Å². The Morgan fingerprint density at radius 1 is 0.581 bits per heavy atom. The number of methoxy groups -OCH3 is 2. The first kappa shape index (κ1) is 20.9. The van der Waals surface area contributed by atoms with E-state index < -0.39 is 4.75 Å². The number of hydrogen-bond donors (Lipinski definition) is 1. The summed E-state index contributed by atoms with van der Waals surface area (Å²) in [4.78, 5) is 1.13. The maximum atomic E-state index is 5.95. The van der Waals surface area contributed by atoms with E-state index in [0.29, 0.717) is 0 Å². The lowest BCUT2D eigenvalue weighted by atomic mass is 9.84. The summed E-state index contributed by atoms with van der Waals surface area (Å²) in [7, 11) is 3.37. The summed E-state index contributed by atoms with van der Waals surface area (Å²) in [6.45, 7) is 0. The number of ether oxygens (including phenoxy) is 2. The van der Waals surface area contributed by atoms with Crippen LogP contribution in [0.2, 0.25) is 0 Å². The Balaban J connectivity index is 1.97. The van der Waals surface area contributed by atoms with E-state index in [1.54, 1.807) is 26.0 Å². The van der Waals surface area contributed by atoms with Crippen LogP contribution in [0.1, 0.15) is 16.7 Å². The van der Waals surface area contributed by atoms with Crippen molar-refractivity contribution in [2.24, 2.45) is 0 Å². The van der Waals surface area contributed by atoms with Crippen molar-refractivity contribution in [3.05, 3.63) is 120 Å². The molecule has 0 amide bonds. The smallest absolute Gasteiger partial charge is 0.118 e. The van der Waals surface area contributed by atoms with E-state index in [2.05, 4.69) is 60.7 Å². The maximum Gasteiger partial charge on any atom is 0.118 e. The zero-order valence-electron chi connectivity index (χ0n) is 17.6. The summed E-state index contributed by atoms with van der Waals surface area (Å²) in [6.07, 6.45) is 0. The predicted molar refractivity (Wildman–Crippen MR) is 129 cm³/mol.